The molecule has 0 aromatic carbocycles. The van der Waals surface area contributed by atoms with Crippen LogP contribution < -0.4 is 5.32 Å². The van der Waals surface area contributed by atoms with Crippen molar-refractivity contribution in [2.45, 2.75) is 97.5 Å². The van der Waals surface area contributed by atoms with E-state index >= 15 is 0 Å². The monoisotopic (exact) mass is 467 g/mol. The fourth-order valence-corrected chi connectivity index (χ4v) is 5.17. The Labute approximate surface area is 203 Å². The summed E-state index contributed by atoms with van der Waals surface area (Å²) in [5, 5.41) is 16.2. The number of ether oxygens (including phenoxy) is 1. The number of aryl methyl sites for hydroxylation is 4. The minimum Gasteiger partial charge on any atom is -0.380 e. The molecule has 3 aromatic rings. The lowest BCUT2D eigenvalue weighted by Crippen LogP contribution is -2.35. The second-order valence-electron chi connectivity index (χ2n) is 9.79. The van der Waals surface area contributed by atoms with Crippen LogP contribution >= 0.6 is 0 Å². The minimum absolute atomic E-state index is 0.358. The summed E-state index contributed by atoms with van der Waals surface area (Å²) in [6, 6.07) is 0.608. The van der Waals surface area contributed by atoms with E-state index < -0.39 is 0 Å². The molecular formula is C26H41N7O. The van der Waals surface area contributed by atoms with Gasteiger partial charge in [-0.1, -0.05) is 0 Å². The Morgan fingerprint density at radius 3 is 1.91 bits per heavy atom. The first kappa shape index (κ1) is 24.7. The van der Waals surface area contributed by atoms with Crippen LogP contribution in [0, 0.1) is 20.8 Å². The lowest BCUT2D eigenvalue weighted by Gasteiger charge is -2.23. The van der Waals surface area contributed by atoms with Crippen molar-refractivity contribution >= 4 is 0 Å². The Kier molecular flexibility index (Phi) is 8.21. The molecule has 3 aromatic heterocycles. The average Bonchev–Trinajstić information content (AvgIpc) is 3.56. The van der Waals surface area contributed by atoms with Crippen molar-refractivity contribution in [3.05, 3.63) is 52.4 Å². The molecule has 6 heterocycles. The van der Waals surface area contributed by atoms with E-state index in [1.54, 1.807) is 7.11 Å². The second-order valence-corrected chi connectivity index (χ2v) is 9.79. The Balaban J connectivity index is 0.000000121. The molecule has 0 saturated heterocycles. The Bertz CT molecular complexity index is 1010. The number of likely N-dealkylation sites (N-methyl/N-ethyl adjacent to an activating group) is 1. The summed E-state index contributed by atoms with van der Waals surface area (Å²) in [5.74, 6) is 0. The molecule has 0 amide bonds. The number of methoxy groups -OCH3 is 1. The molecule has 0 spiro atoms. The van der Waals surface area contributed by atoms with Crippen molar-refractivity contribution < 1.29 is 4.74 Å². The smallest absolute Gasteiger partial charge is 0.0771 e. The molecule has 0 aliphatic carbocycles. The number of rotatable bonds is 2. The first-order valence-electron chi connectivity index (χ1n) is 12.7. The van der Waals surface area contributed by atoms with E-state index in [9.17, 15) is 0 Å². The van der Waals surface area contributed by atoms with Gasteiger partial charge in [0, 0.05) is 36.8 Å². The highest BCUT2D eigenvalue weighted by molar-refractivity contribution is 5.18. The summed E-state index contributed by atoms with van der Waals surface area (Å²) in [4.78, 5) is 0. The molecule has 8 nitrogen and oxygen atoms in total. The Morgan fingerprint density at radius 1 is 0.765 bits per heavy atom. The summed E-state index contributed by atoms with van der Waals surface area (Å²) in [6.45, 7) is 9.47. The highest BCUT2D eigenvalue weighted by Gasteiger charge is 2.20. The lowest BCUT2D eigenvalue weighted by atomic mass is 10.0. The Hall–Kier alpha value is -2.45. The quantitative estimate of drug-likeness (QED) is 0.625. The van der Waals surface area contributed by atoms with E-state index in [0.29, 0.717) is 12.1 Å². The molecule has 3 aliphatic rings. The van der Waals surface area contributed by atoms with Crippen LogP contribution in [0.15, 0.2) is 18.6 Å². The predicted molar refractivity (Wildman–Crippen MR) is 134 cm³/mol. The molecule has 6 rings (SSSR count). The van der Waals surface area contributed by atoms with Gasteiger partial charge in [-0.2, -0.15) is 15.3 Å². The maximum absolute atomic E-state index is 5.30. The van der Waals surface area contributed by atoms with Gasteiger partial charge in [0.2, 0.25) is 0 Å². The zero-order chi connectivity index (χ0) is 24.1. The van der Waals surface area contributed by atoms with Crippen LogP contribution in [0.3, 0.4) is 0 Å². The molecule has 0 fully saturated rings. The first-order chi connectivity index (χ1) is 16.5. The molecule has 8 heteroatoms. The van der Waals surface area contributed by atoms with Crippen molar-refractivity contribution in [3.8, 4) is 0 Å². The average molecular weight is 468 g/mol. The molecule has 0 bridgehead atoms. The molecule has 3 aliphatic heterocycles. The van der Waals surface area contributed by atoms with Gasteiger partial charge in [-0.3, -0.25) is 14.0 Å². The van der Waals surface area contributed by atoms with Crippen molar-refractivity contribution in [1.82, 2.24) is 34.7 Å². The maximum Gasteiger partial charge on any atom is 0.0771 e. The molecule has 186 valence electrons. The second kappa shape index (κ2) is 11.3. The standard InChI is InChI=1S/C9H15N3.C9H14N2O.C8H12N2/c1-7-5-11-12-6-8(10-2)3-4-9(7)12;1-7-5-10-11-6-8(12-2)3-4-9(7)11;1-7-6-9-10-5-3-2-4-8(7)10/h5,8,10H,3-4,6H2,1-2H3;5,8H,3-4,6H2,1-2H3;6H,2-5H2,1H3/t2*8-;/m00./s1. The van der Waals surface area contributed by atoms with E-state index in [1.165, 1.54) is 59.5 Å². The van der Waals surface area contributed by atoms with Gasteiger partial charge in [0.1, 0.15) is 0 Å². The number of hydrogen-bond donors (Lipinski definition) is 1. The van der Waals surface area contributed by atoms with Crippen molar-refractivity contribution in [3.63, 3.8) is 0 Å². The highest BCUT2D eigenvalue weighted by Crippen LogP contribution is 2.19. The lowest BCUT2D eigenvalue weighted by molar-refractivity contribution is 0.0672. The van der Waals surface area contributed by atoms with Crippen LogP contribution in [0.2, 0.25) is 0 Å². The summed E-state index contributed by atoms with van der Waals surface area (Å²) in [5.41, 5.74) is 8.25. The first-order valence-corrected chi connectivity index (χ1v) is 12.7. The molecule has 34 heavy (non-hydrogen) atoms. The topological polar surface area (TPSA) is 74.7 Å². The summed E-state index contributed by atoms with van der Waals surface area (Å²) in [6.07, 6.45) is 14.7. The molecule has 0 saturated carbocycles. The number of hydrogen-bond acceptors (Lipinski definition) is 5. The van der Waals surface area contributed by atoms with Gasteiger partial charge in [-0.05, 0) is 89.5 Å². The highest BCUT2D eigenvalue weighted by atomic mass is 16.5. The van der Waals surface area contributed by atoms with E-state index in [-0.39, 0.29) is 0 Å². The number of fused-ring (bicyclic) bond motifs is 3. The van der Waals surface area contributed by atoms with Crippen LogP contribution in [0.4, 0.5) is 0 Å². The van der Waals surface area contributed by atoms with Crippen LogP contribution in [0.25, 0.3) is 0 Å². The van der Waals surface area contributed by atoms with Crippen molar-refractivity contribution in [2.24, 2.45) is 0 Å². The number of nitrogens with one attached hydrogen (secondary N) is 1. The van der Waals surface area contributed by atoms with Crippen LogP contribution in [0.5, 0.6) is 0 Å². The van der Waals surface area contributed by atoms with Gasteiger partial charge < -0.3 is 10.1 Å². The van der Waals surface area contributed by atoms with Gasteiger partial charge in [0.25, 0.3) is 0 Å². The van der Waals surface area contributed by atoms with E-state index in [2.05, 4.69) is 55.4 Å². The van der Waals surface area contributed by atoms with Crippen molar-refractivity contribution in [1.29, 1.82) is 0 Å². The third-order valence-electron chi connectivity index (χ3n) is 7.45. The third-order valence-corrected chi connectivity index (χ3v) is 7.45. The molecular weight excluding hydrogens is 426 g/mol. The van der Waals surface area contributed by atoms with Crippen molar-refractivity contribution in [2.75, 3.05) is 14.2 Å². The van der Waals surface area contributed by atoms with E-state index in [0.717, 1.165) is 38.9 Å². The largest absolute Gasteiger partial charge is 0.380 e. The van der Waals surface area contributed by atoms with Crippen LogP contribution in [0.1, 0.15) is 59.5 Å². The number of aromatic nitrogens is 6. The van der Waals surface area contributed by atoms with Crippen LogP contribution in [-0.4, -0.2) is 55.6 Å². The van der Waals surface area contributed by atoms with Gasteiger partial charge in [0.15, 0.2) is 0 Å². The van der Waals surface area contributed by atoms with E-state index in [1.807, 2.05) is 25.6 Å². The van der Waals surface area contributed by atoms with E-state index in [4.69, 9.17) is 4.74 Å². The zero-order valence-corrected chi connectivity index (χ0v) is 21.5. The fraction of sp³-hybridized carbons (Fsp3) is 0.654. The van der Waals surface area contributed by atoms with Gasteiger partial charge in [0.05, 0.1) is 37.8 Å². The Morgan fingerprint density at radius 2 is 1.32 bits per heavy atom. The third kappa shape index (κ3) is 5.61. The maximum atomic E-state index is 5.30. The molecule has 1 N–H and O–H groups in total. The van der Waals surface area contributed by atoms with Gasteiger partial charge in [-0.25, -0.2) is 0 Å². The van der Waals surface area contributed by atoms with Crippen LogP contribution in [-0.2, 0) is 43.6 Å². The molecule has 0 radical (unpaired) electrons. The zero-order valence-electron chi connectivity index (χ0n) is 21.5. The van der Waals surface area contributed by atoms with Gasteiger partial charge in [-0.15, -0.1) is 0 Å². The molecule has 2 atom stereocenters. The summed E-state index contributed by atoms with van der Waals surface area (Å²) in [7, 11) is 3.79. The number of nitrogens with zero attached hydrogens (tertiary/aromatic N) is 6. The predicted octanol–water partition coefficient (Wildman–Crippen LogP) is 3.41. The van der Waals surface area contributed by atoms with Gasteiger partial charge >= 0.3 is 0 Å². The normalized spacial score (nSPS) is 20.7. The summed E-state index contributed by atoms with van der Waals surface area (Å²) < 4.78 is 11.6. The summed E-state index contributed by atoms with van der Waals surface area (Å²) >= 11 is 0. The fourth-order valence-electron chi connectivity index (χ4n) is 5.17. The SMILES string of the molecule is CN[C@H]1CCc2c(C)cnn2C1.CO[C@H]1CCc2c(C)cnn2C1.Cc1cnn2c1CCCC2. The molecule has 0 unspecified atom stereocenters. The minimum atomic E-state index is 0.358.